The molecule has 2 N–H and O–H groups in total. The molecule has 0 aliphatic carbocycles. The third-order valence-corrected chi connectivity index (χ3v) is 5.46. The summed E-state index contributed by atoms with van der Waals surface area (Å²) in [5, 5.41) is 6.40. The zero-order valence-corrected chi connectivity index (χ0v) is 16.4. The van der Waals surface area contributed by atoms with Crippen LogP contribution in [0.4, 0.5) is 0 Å². The average Bonchev–Trinajstić information content (AvgIpc) is 2.72. The lowest BCUT2D eigenvalue weighted by molar-refractivity contribution is 0.0961. The lowest BCUT2D eigenvalue weighted by Gasteiger charge is -2.33. The molecule has 4 heteroatoms. The molecule has 4 nitrogen and oxygen atoms in total. The maximum Gasteiger partial charge on any atom is 0.251 e. The van der Waals surface area contributed by atoms with Crippen molar-refractivity contribution in [1.82, 2.24) is 15.5 Å². The number of piperidine rings is 1. The van der Waals surface area contributed by atoms with Crippen LogP contribution < -0.4 is 10.6 Å². The number of hydrogen-bond acceptors (Lipinski definition) is 3. The number of hydrogen-bond donors (Lipinski definition) is 2. The summed E-state index contributed by atoms with van der Waals surface area (Å²) in [6.45, 7) is 6.47. The van der Waals surface area contributed by atoms with E-state index in [1.807, 2.05) is 24.3 Å². The van der Waals surface area contributed by atoms with Crippen LogP contribution in [0, 0.1) is 5.92 Å². The van der Waals surface area contributed by atoms with Crippen LogP contribution in [0.25, 0.3) is 0 Å². The molecule has 1 aliphatic rings. The molecule has 2 atom stereocenters. The van der Waals surface area contributed by atoms with E-state index in [-0.39, 0.29) is 11.9 Å². The predicted molar refractivity (Wildman–Crippen MR) is 111 cm³/mol. The quantitative estimate of drug-likeness (QED) is 0.788. The largest absolute Gasteiger partial charge is 0.355 e. The Labute approximate surface area is 163 Å². The summed E-state index contributed by atoms with van der Waals surface area (Å²) >= 11 is 0. The minimum atomic E-state index is -0.0223. The van der Waals surface area contributed by atoms with Gasteiger partial charge in [0.05, 0.1) is 0 Å². The topological polar surface area (TPSA) is 44.4 Å². The second-order valence-electron chi connectivity index (χ2n) is 7.53. The van der Waals surface area contributed by atoms with Gasteiger partial charge in [-0.2, -0.15) is 0 Å². The van der Waals surface area contributed by atoms with E-state index in [9.17, 15) is 4.79 Å². The number of benzene rings is 2. The molecule has 1 amide bonds. The number of nitrogens with zero attached hydrogens (tertiary/aromatic N) is 1. The van der Waals surface area contributed by atoms with Crippen LogP contribution in [0.1, 0.15) is 47.3 Å². The highest BCUT2D eigenvalue weighted by Gasteiger charge is 2.21. The fraction of sp³-hybridized carbons (Fsp3) is 0.435. The Balaban J connectivity index is 1.54. The van der Waals surface area contributed by atoms with Crippen LogP contribution in [-0.4, -0.2) is 37.5 Å². The molecule has 144 valence electrons. The lowest BCUT2D eigenvalue weighted by Crippen LogP contribution is -2.39. The molecule has 0 radical (unpaired) electrons. The van der Waals surface area contributed by atoms with Crippen molar-refractivity contribution in [3.8, 4) is 0 Å². The van der Waals surface area contributed by atoms with Gasteiger partial charge in [-0.25, -0.2) is 0 Å². The van der Waals surface area contributed by atoms with Gasteiger partial charge in [-0.3, -0.25) is 9.69 Å². The normalized spacial score (nSPS) is 18.8. The van der Waals surface area contributed by atoms with Crippen LogP contribution in [0.15, 0.2) is 54.6 Å². The molecule has 27 heavy (non-hydrogen) atoms. The number of likely N-dealkylation sites (tertiary alicyclic amines) is 1. The molecule has 1 fully saturated rings. The van der Waals surface area contributed by atoms with E-state index >= 15 is 0 Å². The summed E-state index contributed by atoms with van der Waals surface area (Å²) < 4.78 is 0. The molecule has 1 heterocycles. The minimum Gasteiger partial charge on any atom is -0.355 e. The monoisotopic (exact) mass is 365 g/mol. The number of nitrogens with one attached hydrogen (secondary N) is 2. The Kier molecular flexibility index (Phi) is 7.02. The highest BCUT2D eigenvalue weighted by atomic mass is 16.1. The number of carbonyl (C=O) groups excluding carboxylic acids is 1. The molecule has 2 aromatic rings. The molecule has 0 spiro atoms. The van der Waals surface area contributed by atoms with Gasteiger partial charge in [-0.15, -0.1) is 0 Å². The molecular formula is C23H31N3O. The number of amides is 1. The summed E-state index contributed by atoms with van der Waals surface area (Å²) in [6, 6.07) is 18.7. The first-order chi connectivity index (χ1) is 13.2. The highest BCUT2D eigenvalue weighted by Crippen LogP contribution is 2.21. The van der Waals surface area contributed by atoms with Crippen molar-refractivity contribution in [2.24, 2.45) is 5.92 Å². The molecule has 0 aromatic heterocycles. The van der Waals surface area contributed by atoms with Crippen LogP contribution in [-0.2, 0) is 6.54 Å². The fourth-order valence-electron chi connectivity index (χ4n) is 3.97. The van der Waals surface area contributed by atoms with Crippen molar-refractivity contribution in [2.45, 2.75) is 32.4 Å². The SMILES string of the molecule is CNC(=O)c1ccccc1C(C)NCC1CCCN(Cc2ccccc2)C1. The third-order valence-electron chi connectivity index (χ3n) is 5.46. The van der Waals surface area contributed by atoms with Gasteiger partial charge in [0, 0.05) is 31.7 Å². The Morgan fingerprint density at radius 2 is 1.89 bits per heavy atom. The van der Waals surface area contributed by atoms with Crippen molar-refractivity contribution in [3.05, 3.63) is 71.3 Å². The predicted octanol–water partition coefficient (Wildman–Crippen LogP) is 3.61. The zero-order chi connectivity index (χ0) is 19.1. The zero-order valence-electron chi connectivity index (χ0n) is 16.4. The van der Waals surface area contributed by atoms with Crippen LogP contribution >= 0.6 is 0 Å². The van der Waals surface area contributed by atoms with Gasteiger partial charge < -0.3 is 10.6 Å². The van der Waals surface area contributed by atoms with E-state index in [0.29, 0.717) is 5.92 Å². The Hall–Kier alpha value is -2.17. The number of carbonyl (C=O) groups is 1. The molecule has 2 aromatic carbocycles. The van der Waals surface area contributed by atoms with Crippen molar-refractivity contribution >= 4 is 5.91 Å². The van der Waals surface area contributed by atoms with Crippen molar-refractivity contribution in [3.63, 3.8) is 0 Å². The van der Waals surface area contributed by atoms with E-state index in [4.69, 9.17) is 0 Å². The summed E-state index contributed by atoms with van der Waals surface area (Å²) in [7, 11) is 1.68. The van der Waals surface area contributed by atoms with Gasteiger partial charge in [0.2, 0.25) is 0 Å². The second kappa shape index (κ2) is 9.67. The molecular weight excluding hydrogens is 334 g/mol. The van der Waals surface area contributed by atoms with E-state index in [2.05, 4.69) is 52.8 Å². The van der Waals surface area contributed by atoms with Gasteiger partial charge in [-0.1, -0.05) is 48.5 Å². The highest BCUT2D eigenvalue weighted by molar-refractivity contribution is 5.95. The Morgan fingerprint density at radius 1 is 1.15 bits per heavy atom. The second-order valence-corrected chi connectivity index (χ2v) is 7.53. The maximum absolute atomic E-state index is 12.1. The average molecular weight is 366 g/mol. The molecule has 0 bridgehead atoms. The maximum atomic E-state index is 12.1. The first-order valence-corrected chi connectivity index (χ1v) is 9.98. The van der Waals surface area contributed by atoms with Crippen molar-refractivity contribution in [1.29, 1.82) is 0 Å². The third kappa shape index (κ3) is 5.41. The lowest BCUT2D eigenvalue weighted by atomic mass is 9.96. The van der Waals surface area contributed by atoms with Crippen LogP contribution in [0.2, 0.25) is 0 Å². The smallest absolute Gasteiger partial charge is 0.251 e. The first kappa shape index (κ1) is 19.6. The van der Waals surface area contributed by atoms with E-state index < -0.39 is 0 Å². The Bertz CT molecular complexity index is 731. The fourth-order valence-corrected chi connectivity index (χ4v) is 3.97. The van der Waals surface area contributed by atoms with Gasteiger partial charge >= 0.3 is 0 Å². The first-order valence-electron chi connectivity index (χ1n) is 9.98. The number of rotatable bonds is 7. The van der Waals surface area contributed by atoms with E-state index in [1.165, 1.54) is 24.9 Å². The summed E-state index contributed by atoms with van der Waals surface area (Å²) in [6.07, 6.45) is 2.52. The van der Waals surface area contributed by atoms with Gasteiger partial charge in [-0.05, 0) is 56.0 Å². The molecule has 1 aliphatic heterocycles. The summed E-state index contributed by atoms with van der Waals surface area (Å²) in [5.74, 6) is 0.628. The summed E-state index contributed by atoms with van der Waals surface area (Å²) in [5.41, 5.74) is 3.21. The van der Waals surface area contributed by atoms with Crippen molar-refractivity contribution in [2.75, 3.05) is 26.7 Å². The van der Waals surface area contributed by atoms with Crippen molar-refractivity contribution < 1.29 is 4.79 Å². The Morgan fingerprint density at radius 3 is 2.67 bits per heavy atom. The van der Waals surface area contributed by atoms with Crippen LogP contribution in [0.5, 0.6) is 0 Å². The standard InChI is InChI=1S/C23H31N3O/c1-18(21-12-6-7-13-22(21)23(27)24-2)25-15-20-11-8-14-26(17-20)16-19-9-4-3-5-10-19/h3-7,9-10,12-13,18,20,25H,8,11,14-17H2,1-2H3,(H,24,27). The minimum absolute atomic E-state index is 0.0223. The van der Waals surface area contributed by atoms with Gasteiger partial charge in [0.15, 0.2) is 0 Å². The van der Waals surface area contributed by atoms with Gasteiger partial charge in [0.25, 0.3) is 5.91 Å². The summed E-state index contributed by atoms with van der Waals surface area (Å²) in [4.78, 5) is 14.7. The molecule has 0 saturated carbocycles. The molecule has 1 saturated heterocycles. The van der Waals surface area contributed by atoms with E-state index in [1.54, 1.807) is 7.05 Å². The van der Waals surface area contributed by atoms with Crippen LogP contribution in [0.3, 0.4) is 0 Å². The van der Waals surface area contributed by atoms with Gasteiger partial charge in [0.1, 0.15) is 0 Å². The van der Waals surface area contributed by atoms with E-state index in [0.717, 1.165) is 30.8 Å². The molecule has 2 unspecified atom stereocenters. The molecule has 3 rings (SSSR count).